The molecule has 0 radical (unpaired) electrons. The van der Waals surface area contributed by atoms with Crippen molar-refractivity contribution in [2.75, 3.05) is 13.2 Å². The predicted molar refractivity (Wildman–Crippen MR) is 140 cm³/mol. The molecule has 0 aliphatic carbocycles. The number of nitrogens with zero attached hydrogens (tertiary/aromatic N) is 1. The number of rotatable bonds is 10. The van der Waals surface area contributed by atoms with Gasteiger partial charge in [0.2, 0.25) is 5.88 Å². The van der Waals surface area contributed by atoms with E-state index in [2.05, 4.69) is 13.0 Å². The van der Waals surface area contributed by atoms with Crippen molar-refractivity contribution in [2.45, 2.75) is 39.0 Å². The van der Waals surface area contributed by atoms with Gasteiger partial charge in [-0.25, -0.2) is 4.79 Å². The fourth-order valence-electron chi connectivity index (χ4n) is 4.09. The summed E-state index contributed by atoms with van der Waals surface area (Å²) in [5.41, 5.74) is 8.39. The number of nitriles is 1. The van der Waals surface area contributed by atoms with Crippen LogP contribution in [0.2, 0.25) is 0 Å². The molecule has 1 aliphatic rings. The fourth-order valence-corrected chi connectivity index (χ4v) is 4.09. The van der Waals surface area contributed by atoms with Gasteiger partial charge < -0.3 is 24.7 Å². The van der Waals surface area contributed by atoms with Crippen LogP contribution >= 0.6 is 0 Å². The van der Waals surface area contributed by atoms with Crippen LogP contribution < -0.4 is 24.7 Å². The maximum Gasteiger partial charge on any atom is 0.343 e. The molecule has 7 heteroatoms. The van der Waals surface area contributed by atoms with E-state index in [-0.39, 0.29) is 5.88 Å². The van der Waals surface area contributed by atoms with E-state index < -0.39 is 11.9 Å². The lowest BCUT2D eigenvalue weighted by molar-refractivity contribution is 0.0734. The third kappa shape index (κ3) is 5.87. The van der Waals surface area contributed by atoms with Crippen LogP contribution in [0.25, 0.3) is 0 Å². The first-order chi connectivity index (χ1) is 18.0. The zero-order chi connectivity index (χ0) is 26.2. The molecular weight excluding hydrogens is 468 g/mol. The highest BCUT2D eigenvalue weighted by Crippen LogP contribution is 2.46. The molecule has 37 heavy (non-hydrogen) atoms. The van der Waals surface area contributed by atoms with Crippen molar-refractivity contribution in [3.8, 4) is 29.1 Å². The van der Waals surface area contributed by atoms with Gasteiger partial charge in [0.25, 0.3) is 0 Å². The van der Waals surface area contributed by atoms with Gasteiger partial charge in [-0.3, -0.25) is 0 Å². The van der Waals surface area contributed by atoms with Crippen molar-refractivity contribution in [3.63, 3.8) is 0 Å². The molecule has 1 atom stereocenters. The highest BCUT2D eigenvalue weighted by Gasteiger charge is 2.33. The lowest BCUT2D eigenvalue weighted by atomic mass is 9.83. The van der Waals surface area contributed by atoms with Crippen LogP contribution in [0.4, 0.5) is 0 Å². The van der Waals surface area contributed by atoms with Gasteiger partial charge in [0.15, 0.2) is 0 Å². The summed E-state index contributed by atoms with van der Waals surface area (Å²) >= 11 is 0. The average molecular weight is 499 g/mol. The molecule has 1 heterocycles. The van der Waals surface area contributed by atoms with Gasteiger partial charge in [-0.1, -0.05) is 50.6 Å². The Bertz CT molecular complexity index is 1340. The highest BCUT2D eigenvalue weighted by molar-refractivity contribution is 5.91. The fraction of sp³-hybridized carbons (Fsp3) is 0.267. The second-order valence-corrected chi connectivity index (χ2v) is 8.63. The standard InChI is InChI=1S/C30H30N2O5/c1-3-5-16-35-26-12-7-6-11-23(26)28-24-14-13-22(18-27(24)37-29(32)25(28)19-31)36-30(33)20-9-8-10-21(17-20)34-15-4-2/h6-14,17-18,28H,3-5,15-16,32H2,1-2H3. The number of hydrogen-bond acceptors (Lipinski definition) is 7. The molecule has 0 saturated carbocycles. The van der Waals surface area contributed by atoms with Gasteiger partial charge in [0, 0.05) is 17.2 Å². The highest BCUT2D eigenvalue weighted by atomic mass is 16.5. The van der Waals surface area contributed by atoms with Gasteiger partial charge in [-0.2, -0.15) is 5.26 Å². The molecule has 7 nitrogen and oxygen atoms in total. The quantitative estimate of drug-likeness (QED) is 0.205. The van der Waals surface area contributed by atoms with Crippen molar-refractivity contribution in [1.29, 1.82) is 5.26 Å². The number of allylic oxidation sites excluding steroid dienone is 1. The monoisotopic (exact) mass is 498 g/mol. The Morgan fingerprint density at radius 1 is 0.946 bits per heavy atom. The SMILES string of the molecule is CCCCOc1ccccc1C1C(C#N)=C(N)Oc2cc(OC(=O)c3cccc(OCCC)c3)ccc21. The summed E-state index contributed by atoms with van der Waals surface area (Å²) in [5.74, 6) is 1.00. The van der Waals surface area contributed by atoms with Crippen molar-refractivity contribution in [3.05, 3.63) is 94.9 Å². The maximum absolute atomic E-state index is 12.8. The van der Waals surface area contributed by atoms with Gasteiger partial charge >= 0.3 is 5.97 Å². The van der Waals surface area contributed by atoms with Crippen molar-refractivity contribution < 1.29 is 23.7 Å². The molecule has 1 unspecified atom stereocenters. The number of carbonyl (C=O) groups is 1. The van der Waals surface area contributed by atoms with Crippen molar-refractivity contribution >= 4 is 5.97 Å². The molecule has 190 valence electrons. The summed E-state index contributed by atoms with van der Waals surface area (Å²) in [5, 5.41) is 9.91. The lowest BCUT2D eigenvalue weighted by Gasteiger charge is -2.28. The zero-order valence-electron chi connectivity index (χ0n) is 21.0. The van der Waals surface area contributed by atoms with Crippen LogP contribution in [0, 0.1) is 11.3 Å². The van der Waals surface area contributed by atoms with E-state index in [4.69, 9.17) is 24.7 Å². The summed E-state index contributed by atoms with van der Waals surface area (Å²) in [7, 11) is 0. The first-order valence-electron chi connectivity index (χ1n) is 12.4. The molecule has 0 saturated heterocycles. The number of esters is 1. The molecule has 3 aromatic carbocycles. The molecule has 4 rings (SSSR count). The maximum atomic E-state index is 12.8. The summed E-state index contributed by atoms with van der Waals surface area (Å²) in [6.45, 7) is 5.25. The number of nitrogens with two attached hydrogens (primary N) is 1. The smallest absolute Gasteiger partial charge is 0.343 e. The summed E-state index contributed by atoms with van der Waals surface area (Å²) < 4.78 is 23.1. The first kappa shape index (κ1) is 25.6. The Labute approximate surface area is 217 Å². The van der Waals surface area contributed by atoms with Crippen molar-refractivity contribution in [2.24, 2.45) is 5.73 Å². The van der Waals surface area contributed by atoms with E-state index in [0.717, 1.165) is 30.4 Å². The average Bonchev–Trinajstić information content (AvgIpc) is 2.91. The normalized spacial score (nSPS) is 14.2. The summed E-state index contributed by atoms with van der Waals surface area (Å²) in [4.78, 5) is 12.8. The van der Waals surface area contributed by atoms with Crippen LogP contribution in [0.1, 0.15) is 60.5 Å². The summed E-state index contributed by atoms with van der Waals surface area (Å²) in [6.07, 6.45) is 2.80. The minimum atomic E-state index is -0.523. The number of ether oxygens (including phenoxy) is 4. The van der Waals surface area contributed by atoms with E-state index >= 15 is 0 Å². The minimum absolute atomic E-state index is 0.00705. The number of benzene rings is 3. The van der Waals surface area contributed by atoms with Gasteiger partial charge in [-0.05, 0) is 43.2 Å². The van der Waals surface area contributed by atoms with Gasteiger partial charge in [0.1, 0.15) is 34.6 Å². The third-order valence-corrected chi connectivity index (χ3v) is 5.93. The number of para-hydroxylation sites is 1. The second-order valence-electron chi connectivity index (χ2n) is 8.63. The molecule has 0 aromatic heterocycles. The second kappa shape index (κ2) is 12.0. The number of unbranched alkanes of at least 4 members (excludes halogenated alkanes) is 1. The van der Waals surface area contributed by atoms with Gasteiger partial charge in [-0.15, -0.1) is 0 Å². The van der Waals surface area contributed by atoms with Crippen LogP contribution in [-0.2, 0) is 0 Å². The van der Waals surface area contributed by atoms with Crippen LogP contribution in [0.15, 0.2) is 78.2 Å². The topological polar surface area (TPSA) is 104 Å². The molecular formula is C30H30N2O5. The predicted octanol–water partition coefficient (Wildman–Crippen LogP) is 6.09. The number of fused-ring (bicyclic) bond motifs is 1. The largest absolute Gasteiger partial charge is 0.494 e. The van der Waals surface area contributed by atoms with E-state index in [9.17, 15) is 10.1 Å². The van der Waals surface area contributed by atoms with E-state index in [1.807, 2.05) is 31.2 Å². The third-order valence-electron chi connectivity index (χ3n) is 5.93. The summed E-state index contributed by atoms with van der Waals surface area (Å²) in [6, 6.07) is 21.8. The van der Waals surface area contributed by atoms with Crippen LogP contribution in [0.3, 0.4) is 0 Å². The van der Waals surface area contributed by atoms with E-state index in [0.29, 0.717) is 47.3 Å². The Morgan fingerprint density at radius 2 is 1.78 bits per heavy atom. The van der Waals surface area contributed by atoms with E-state index in [1.165, 1.54) is 0 Å². The molecule has 0 spiro atoms. The molecule has 2 N–H and O–H groups in total. The number of hydrogen-bond donors (Lipinski definition) is 1. The Hall–Kier alpha value is -4.44. The van der Waals surface area contributed by atoms with Gasteiger partial charge in [0.05, 0.1) is 24.7 Å². The first-order valence-corrected chi connectivity index (χ1v) is 12.4. The lowest BCUT2D eigenvalue weighted by Crippen LogP contribution is -2.21. The molecule has 0 bridgehead atoms. The zero-order valence-corrected chi connectivity index (χ0v) is 21.0. The Morgan fingerprint density at radius 3 is 2.57 bits per heavy atom. The van der Waals surface area contributed by atoms with Crippen molar-refractivity contribution in [1.82, 2.24) is 0 Å². The molecule has 0 amide bonds. The molecule has 3 aromatic rings. The number of carbonyl (C=O) groups excluding carboxylic acids is 1. The van der Waals surface area contributed by atoms with Crippen LogP contribution in [-0.4, -0.2) is 19.2 Å². The van der Waals surface area contributed by atoms with E-state index in [1.54, 1.807) is 42.5 Å². The molecule has 1 aliphatic heterocycles. The molecule has 0 fully saturated rings. The minimum Gasteiger partial charge on any atom is -0.494 e. The van der Waals surface area contributed by atoms with Crippen LogP contribution in [0.5, 0.6) is 23.0 Å². The Balaban J connectivity index is 1.63. The Kier molecular flexibility index (Phi) is 8.32.